The zero-order valence-corrected chi connectivity index (χ0v) is 11.1. The van der Waals surface area contributed by atoms with Crippen LogP contribution in [0.2, 0.25) is 0 Å². The molecule has 2 unspecified atom stereocenters. The summed E-state index contributed by atoms with van der Waals surface area (Å²) in [6.45, 7) is 7.78. The molecule has 1 aliphatic rings. The molecule has 0 bridgehead atoms. The van der Waals surface area contributed by atoms with E-state index in [1.807, 2.05) is 19.1 Å². The van der Waals surface area contributed by atoms with Gasteiger partial charge in [-0.25, -0.2) is 0 Å². The number of hydrogen-bond donors (Lipinski definition) is 2. The molecular weight excluding hydrogens is 228 g/mol. The van der Waals surface area contributed by atoms with Gasteiger partial charge in [-0.15, -0.1) is 0 Å². The molecule has 0 radical (unpaired) electrons. The van der Waals surface area contributed by atoms with Gasteiger partial charge in [-0.1, -0.05) is 0 Å². The van der Waals surface area contributed by atoms with Crippen molar-refractivity contribution in [2.24, 2.45) is 0 Å². The highest BCUT2D eigenvalue weighted by Gasteiger charge is 2.12. The molecule has 0 spiro atoms. The van der Waals surface area contributed by atoms with Crippen molar-refractivity contribution >= 4 is 5.69 Å². The summed E-state index contributed by atoms with van der Waals surface area (Å²) < 4.78 is 5.64. The Kier molecular flexibility index (Phi) is 4.44. The quantitative estimate of drug-likeness (QED) is 0.844. The molecule has 18 heavy (non-hydrogen) atoms. The number of nitrogens with one attached hydrogen (secondary N) is 1. The van der Waals surface area contributed by atoms with Gasteiger partial charge in [0.05, 0.1) is 6.10 Å². The Bertz CT molecular complexity index is 359. The molecular formula is C14H22N2O2. The Morgan fingerprint density at radius 3 is 2.33 bits per heavy atom. The second-order valence-corrected chi connectivity index (χ2v) is 4.79. The number of anilines is 1. The van der Waals surface area contributed by atoms with E-state index in [1.54, 1.807) is 6.92 Å². The first kappa shape index (κ1) is 13.2. The number of nitrogens with zero attached hydrogens (tertiary/aromatic N) is 1. The van der Waals surface area contributed by atoms with Gasteiger partial charge in [-0.2, -0.15) is 0 Å². The minimum atomic E-state index is -0.460. The average molecular weight is 250 g/mol. The zero-order valence-electron chi connectivity index (χ0n) is 11.1. The maximum Gasteiger partial charge on any atom is 0.121 e. The third-order valence-electron chi connectivity index (χ3n) is 3.32. The highest BCUT2D eigenvalue weighted by atomic mass is 16.5. The van der Waals surface area contributed by atoms with Crippen LogP contribution < -0.4 is 15.0 Å². The molecule has 2 atom stereocenters. The fraction of sp³-hybridized carbons (Fsp3) is 0.571. The Morgan fingerprint density at radius 2 is 1.78 bits per heavy atom. The van der Waals surface area contributed by atoms with Crippen molar-refractivity contribution in [3.63, 3.8) is 0 Å². The van der Waals surface area contributed by atoms with Crippen LogP contribution in [0, 0.1) is 0 Å². The summed E-state index contributed by atoms with van der Waals surface area (Å²) in [5.74, 6) is 0.808. The molecule has 1 saturated heterocycles. The molecule has 1 aliphatic heterocycles. The van der Waals surface area contributed by atoms with Crippen molar-refractivity contribution < 1.29 is 9.84 Å². The van der Waals surface area contributed by atoms with Gasteiger partial charge in [0.25, 0.3) is 0 Å². The molecule has 0 saturated carbocycles. The Hall–Kier alpha value is -1.26. The van der Waals surface area contributed by atoms with Crippen LogP contribution in [-0.4, -0.2) is 43.5 Å². The summed E-state index contributed by atoms with van der Waals surface area (Å²) >= 11 is 0. The van der Waals surface area contributed by atoms with E-state index in [1.165, 1.54) is 5.69 Å². The zero-order chi connectivity index (χ0) is 13.0. The number of aliphatic hydroxyl groups excluding tert-OH is 1. The minimum Gasteiger partial charge on any atom is -0.488 e. The first-order chi connectivity index (χ1) is 8.66. The second kappa shape index (κ2) is 6.07. The predicted octanol–water partition coefficient (Wildman–Crippen LogP) is 1.24. The molecule has 1 fully saturated rings. The summed E-state index contributed by atoms with van der Waals surface area (Å²) in [5.41, 5.74) is 1.23. The predicted molar refractivity (Wildman–Crippen MR) is 73.3 cm³/mol. The lowest BCUT2D eigenvalue weighted by Crippen LogP contribution is -2.43. The van der Waals surface area contributed by atoms with E-state index >= 15 is 0 Å². The molecule has 4 heteroatoms. The number of piperazine rings is 1. The largest absolute Gasteiger partial charge is 0.488 e. The van der Waals surface area contributed by atoms with E-state index in [2.05, 4.69) is 22.3 Å². The molecule has 2 N–H and O–H groups in total. The number of rotatable bonds is 4. The van der Waals surface area contributed by atoms with Crippen LogP contribution in [0.1, 0.15) is 13.8 Å². The minimum absolute atomic E-state index is 0.185. The van der Waals surface area contributed by atoms with Crippen molar-refractivity contribution in [2.45, 2.75) is 26.1 Å². The summed E-state index contributed by atoms with van der Waals surface area (Å²) in [5, 5.41) is 12.7. The molecule has 2 rings (SSSR count). The van der Waals surface area contributed by atoms with Crippen molar-refractivity contribution in [1.29, 1.82) is 0 Å². The van der Waals surface area contributed by atoms with Crippen molar-refractivity contribution in [2.75, 3.05) is 31.1 Å². The van der Waals surface area contributed by atoms with Crippen LogP contribution in [-0.2, 0) is 0 Å². The molecule has 0 aliphatic carbocycles. The first-order valence-electron chi connectivity index (χ1n) is 6.57. The Labute approximate surface area is 109 Å². The van der Waals surface area contributed by atoms with Gasteiger partial charge >= 0.3 is 0 Å². The molecule has 1 heterocycles. The van der Waals surface area contributed by atoms with Crippen LogP contribution in [0.4, 0.5) is 5.69 Å². The highest BCUT2D eigenvalue weighted by molar-refractivity contribution is 5.49. The number of hydrogen-bond acceptors (Lipinski definition) is 4. The van der Waals surface area contributed by atoms with E-state index < -0.39 is 6.10 Å². The maximum atomic E-state index is 9.40. The third-order valence-corrected chi connectivity index (χ3v) is 3.32. The van der Waals surface area contributed by atoms with Gasteiger partial charge in [0.2, 0.25) is 0 Å². The molecule has 1 aromatic carbocycles. The normalized spacial score (nSPS) is 19.4. The lowest BCUT2D eigenvalue weighted by atomic mass is 10.2. The standard InChI is InChI=1S/C14H22N2O2/c1-11(17)12(2)18-14-5-3-13(4-6-14)16-9-7-15-8-10-16/h3-6,11-12,15,17H,7-10H2,1-2H3. The van der Waals surface area contributed by atoms with Gasteiger partial charge < -0.3 is 20.1 Å². The highest BCUT2D eigenvalue weighted by Crippen LogP contribution is 2.21. The SMILES string of the molecule is CC(O)C(C)Oc1ccc(N2CCNCC2)cc1. The Balaban J connectivity index is 1.96. The topological polar surface area (TPSA) is 44.7 Å². The van der Waals surface area contributed by atoms with Crippen LogP contribution >= 0.6 is 0 Å². The summed E-state index contributed by atoms with van der Waals surface area (Å²) in [7, 11) is 0. The van der Waals surface area contributed by atoms with Gasteiger partial charge in [0, 0.05) is 31.9 Å². The lowest BCUT2D eigenvalue weighted by molar-refractivity contribution is 0.0604. The van der Waals surface area contributed by atoms with E-state index in [0.717, 1.165) is 31.9 Å². The van der Waals surface area contributed by atoms with Crippen LogP contribution in [0.15, 0.2) is 24.3 Å². The first-order valence-corrected chi connectivity index (χ1v) is 6.57. The molecule has 4 nitrogen and oxygen atoms in total. The van der Waals surface area contributed by atoms with Crippen LogP contribution in [0.3, 0.4) is 0 Å². The van der Waals surface area contributed by atoms with Crippen LogP contribution in [0.5, 0.6) is 5.75 Å². The van der Waals surface area contributed by atoms with Gasteiger partial charge in [-0.05, 0) is 38.1 Å². The fourth-order valence-electron chi connectivity index (χ4n) is 1.97. The molecule has 1 aromatic rings. The molecule has 0 aromatic heterocycles. The van der Waals surface area contributed by atoms with E-state index in [4.69, 9.17) is 4.74 Å². The Morgan fingerprint density at radius 1 is 1.17 bits per heavy atom. The van der Waals surface area contributed by atoms with Gasteiger partial charge in [0.1, 0.15) is 11.9 Å². The van der Waals surface area contributed by atoms with E-state index in [0.29, 0.717) is 0 Å². The number of benzene rings is 1. The lowest BCUT2D eigenvalue weighted by Gasteiger charge is -2.29. The van der Waals surface area contributed by atoms with E-state index in [9.17, 15) is 5.11 Å². The summed E-state index contributed by atoms with van der Waals surface area (Å²) in [4.78, 5) is 2.36. The number of aliphatic hydroxyl groups is 1. The number of ether oxygens (including phenoxy) is 1. The van der Waals surface area contributed by atoms with Crippen molar-refractivity contribution in [1.82, 2.24) is 5.32 Å². The van der Waals surface area contributed by atoms with Crippen molar-refractivity contribution in [3.8, 4) is 5.75 Å². The smallest absolute Gasteiger partial charge is 0.121 e. The third kappa shape index (κ3) is 3.37. The van der Waals surface area contributed by atoms with Crippen molar-refractivity contribution in [3.05, 3.63) is 24.3 Å². The van der Waals surface area contributed by atoms with Crippen LogP contribution in [0.25, 0.3) is 0 Å². The van der Waals surface area contributed by atoms with Gasteiger partial charge in [-0.3, -0.25) is 0 Å². The molecule has 0 amide bonds. The monoisotopic (exact) mass is 250 g/mol. The maximum absolute atomic E-state index is 9.40. The average Bonchev–Trinajstić information content (AvgIpc) is 2.40. The van der Waals surface area contributed by atoms with E-state index in [-0.39, 0.29) is 6.10 Å². The molecule has 100 valence electrons. The fourth-order valence-corrected chi connectivity index (χ4v) is 1.97. The summed E-state index contributed by atoms with van der Waals surface area (Å²) in [6, 6.07) is 8.09. The van der Waals surface area contributed by atoms with Gasteiger partial charge in [0.15, 0.2) is 0 Å². The second-order valence-electron chi connectivity index (χ2n) is 4.79. The summed E-state index contributed by atoms with van der Waals surface area (Å²) in [6.07, 6.45) is -0.645.